The molecule has 0 bridgehead atoms. The van der Waals surface area contributed by atoms with Gasteiger partial charge in [-0.05, 0) is 127 Å². The third kappa shape index (κ3) is 4.52. The molecular formula is C42H24S4. The molecule has 0 amide bonds. The van der Waals surface area contributed by atoms with Crippen molar-refractivity contribution in [1.82, 2.24) is 0 Å². The van der Waals surface area contributed by atoms with Gasteiger partial charge in [-0.15, -0.1) is 45.3 Å². The lowest BCUT2D eigenvalue weighted by Crippen LogP contribution is -1.74. The van der Waals surface area contributed by atoms with Gasteiger partial charge in [0.05, 0.1) is 0 Å². The highest BCUT2D eigenvalue weighted by atomic mass is 32.1. The predicted molar refractivity (Wildman–Crippen MR) is 207 cm³/mol. The van der Waals surface area contributed by atoms with Crippen LogP contribution < -0.4 is 0 Å². The molecule has 0 spiro atoms. The van der Waals surface area contributed by atoms with Gasteiger partial charge in [-0.1, -0.05) is 72.8 Å². The van der Waals surface area contributed by atoms with E-state index in [-0.39, 0.29) is 0 Å². The molecule has 0 N–H and O–H groups in total. The van der Waals surface area contributed by atoms with Crippen LogP contribution in [0.1, 0.15) is 0 Å². The topological polar surface area (TPSA) is 0 Å². The normalized spacial score (nSPS) is 11.9. The minimum atomic E-state index is 1.29. The maximum atomic E-state index is 2.39. The first kappa shape index (κ1) is 26.6. The molecule has 4 aromatic heterocycles. The average Bonchev–Trinajstić information content (AvgIpc) is 3.91. The standard InChI is InChI=1S/C42H24S4/c1-3-7-27-17-29(11-9-25(27)5-1)35-13-15-37(43-35)41-23-33-19-31-22-40-34(20-32(31)21-39(33)45-41)24-42(46-40)38-16-14-36(44-38)30-12-10-26-6-2-4-8-28(26)18-30/h1-24H. The number of fused-ring (bicyclic) bond motifs is 5. The van der Waals surface area contributed by atoms with E-state index in [1.54, 1.807) is 0 Å². The van der Waals surface area contributed by atoms with Gasteiger partial charge < -0.3 is 0 Å². The van der Waals surface area contributed by atoms with Crippen LogP contribution in [0, 0.1) is 0 Å². The predicted octanol–water partition coefficient (Wildman–Crippen LogP) is 14.4. The zero-order valence-electron chi connectivity index (χ0n) is 24.5. The van der Waals surface area contributed by atoms with Crippen molar-refractivity contribution < 1.29 is 0 Å². The molecule has 0 saturated heterocycles. The highest BCUT2D eigenvalue weighted by Crippen LogP contribution is 2.44. The summed E-state index contributed by atoms with van der Waals surface area (Å²) in [7, 11) is 0. The van der Waals surface area contributed by atoms with Crippen molar-refractivity contribution in [1.29, 1.82) is 0 Å². The molecular weight excluding hydrogens is 633 g/mol. The Morgan fingerprint density at radius 2 is 0.674 bits per heavy atom. The van der Waals surface area contributed by atoms with E-state index in [1.807, 2.05) is 45.3 Å². The molecule has 4 heteroatoms. The van der Waals surface area contributed by atoms with Gasteiger partial charge in [0.2, 0.25) is 0 Å². The summed E-state index contributed by atoms with van der Waals surface area (Å²) < 4.78 is 2.69. The van der Waals surface area contributed by atoms with Crippen LogP contribution in [0.5, 0.6) is 0 Å². The molecule has 216 valence electrons. The number of hydrogen-bond donors (Lipinski definition) is 0. The van der Waals surface area contributed by atoms with Crippen molar-refractivity contribution in [3.05, 3.63) is 146 Å². The first-order valence-corrected chi connectivity index (χ1v) is 18.6. The number of hydrogen-bond acceptors (Lipinski definition) is 4. The monoisotopic (exact) mass is 656 g/mol. The number of benzene rings is 6. The Morgan fingerprint density at radius 1 is 0.239 bits per heavy atom. The highest BCUT2D eigenvalue weighted by Gasteiger charge is 2.13. The van der Waals surface area contributed by atoms with Crippen molar-refractivity contribution in [3.63, 3.8) is 0 Å². The molecule has 0 atom stereocenters. The Balaban J connectivity index is 0.968. The Morgan fingerprint density at radius 3 is 1.15 bits per heavy atom. The minimum Gasteiger partial charge on any atom is -0.134 e. The van der Waals surface area contributed by atoms with Crippen LogP contribution in [0.2, 0.25) is 0 Å². The van der Waals surface area contributed by atoms with Gasteiger partial charge in [0.25, 0.3) is 0 Å². The fraction of sp³-hybridized carbons (Fsp3) is 0. The van der Waals surface area contributed by atoms with E-state index in [4.69, 9.17) is 0 Å². The minimum absolute atomic E-state index is 1.29. The van der Waals surface area contributed by atoms with E-state index in [1.165, 1.54) is 92.9 Å². The van der Waals surface area contributed by atoms with Gasteiger partial charge in [-0.3, -0.25) is 0 Å². The summed E-state index contributed by atoms with van der Waals surface area (Å²) in [6, 6.07) is 54.1. The van der Waals surface area contributed by atoms with E-state index in [0.717, 1.165) is 0 Å². The Kier molecular flexibility index (Phi) is 6.06. The van der Waals surface area contributed by atoms with Crippen LogP contribution in [0.15, 0.2) is 146 Å². The van der Waals surface area contributed by atoms with Crippen molar-refractivity contribution in [2.24, 2.45) is 0 Å². The average molecular weight is 657 g/mol. The summed E-state index contributed by atoms with van der Waals surface area (Å²) in [4.78, 5) is 7.97. The molecule has 0 saturated carbocycles. The van der Waals surface area contributed by atoms with E-state index >= 15 is 0 Å². The Bertz CT molecular complexity index is 2510. The summed E-state index contributed by atoms with van der Waals surface area (Å²) in [5, 5.41) is 10.4. The Labute approximate surface area is 282 Å². The first-order valence-electron chi connectivity index (χ1n) is 15.3. The summed E-state index contributed by atoms with van der Waals surface area (Å²) in [5.41, 5.74) is 2.57. The van der Waals surface area contributed by atoms with Crippen molar-refractivity contribution in [2.45, 2.75) is 0 Å². The smallest absolute Gasteiger partial charge is 0.0455 e. The fourth-order valence-corrected chi connectivity index (χ4v) is 10.9. The molecule has 0 unspecified atom stereocenters. The third-order valence-electron chi connectivity index (χ3n) is 8.88. The van der Waals surface area contributed by atoms with Crippen molar-refractivity contribution in [3.8, 4) is 40.4 Å². The van der Waals surface area contributed by atoms with Crippen molar-refractivity contribution >= 4 is 97.8 Å². The highest BCUT2D eigenvalue weighted by molar-refractivity contribution is 7.27. The summed E-state index contributed by atoms with van der Waals surface area (Å²) in [6.45, 7) is 0. The van der Waals surface area contributed by atoms with Gasteiger partial charge in [0.1, 0.15) is 0 Å². The van der Waals surface area contributed by atoms with Gasteiger partial charge in [-0.25, -0.2) is 0 Å². The quantitative estimate of drug-likeness (QED) is 0.177. The van der Waals surface area contributed by atoms with Crippen LogP contribution >= 0.6 is 45.3 Å². The first-order chi connectivity index (χ1) is 22.7. The Hall–Kier alpha value is -4.58. The molecule has 0 fully saturated rings. The number of thiophene rings is 4. The van der Waals surface area contributed by atoms with Crippen LogP contribution in [-0.4, -0.2) is 0 Å². The zero-order valence-corrected chi connectivity index (χ0v) is 27.8. The van der Waals surface area contributed by atoms with Gasteiger partial charge in [-0.2, -0.15) is 0 Å². The molecule has 6 aromatic carbocycles. The zero-order chi connectivity index (χ0) is 30.2. The van der Waals surface area contributed by atoms with Crippen LogP contribution in [0.4, 0.5) is 0 Å². The second-order valence-electron chi connectivity index (χ2n) is 11.8. The lowest BCUT2D eigenvalue weighted by atomic mass is 10.1. The summed E-state index contributed by atoms with van der Waals surface area (Å²) in [6.07, 6.45) is 0. The molecule has 46 heavy (non-hydrogen) atoms. The molecule has 0 aliphatic heterocycles. The molecule has 0 aliphatic carbocycles. The van der Waals surface area contributed by atoms with Crippen molar-refractivity contribution in [2.75, 3.05) is 0 Å². The molecule has 10 aromatic rings. The summed E-state index contributed by atoms with van der Waals surface area (Å²) in [5.74, 6) is 0. The molecule has 0 radical (unpaired) electrons. The van der Waals surface area contributed by atoms with Gasteiger partial charge >= 0.3 is 0 Å². The van der Waals surface area contributed by atoms with E-state index in [9.17, 15) is 0 Å². The van der Waals surface area contributed by atoms with Crippen LogP contribution in [-0.2, 0) is 0 Å². The SMILES string of the molecule is c1ccc2cc(-c3ccc(-c4cc5cc6cc7sc(-c8ccc(-c9ccc%10ccccc%10c9)s8)cc7cc6cc5s4)s3)ccc2c1. The van der Waals surface area contributed by atoms with E-state index < -0.39 is 0 Å². The molecule has 0 aliphatic rings. The molecule has 0 nitrogen and oxygen atoms in total. The van der Waals surface area contributed by atoms with E-state index in [0.29, 0.717) is 0 Å². The third-order valence-corrected chi connectivity index (χ3v) is 13.7. The number of rotatable bonds is 4. The fourth-order valence-electron chi connectivity index (χ4n) is 6.50. The van der Waals surface area contributed by atoms with E-state index in [2.05, 4.69) is 146 Å². The molecule has 4 heterocycles. The maximum Gasteiger partial charge on any atom is 0.0455 e. The maximum absolute atomic E-state index is 2.39. The second kappa shape index (κ2) is 10.5. The lowest BCUT2D eigenvalue weighted by molar-refractivity contribution is 1.73. The van der Waals surface area contributed by atoms with Gasteiger partial charge in [0.15, 0.2) is 0 Å². The van der Waals surface area contributed by atoms with Crippen LogP contribution in [0.3, 0.4) is 0 Å². The van der Waals surface area contributed by atoms with Gasteiger partial charge in [0, 0.05) is 38.7 Å². The largest absolute Gasteiger partial charge is 0.134 e. The molecule has 10 rings (SSSR count). The summed E-state index contributed by atoms with van der Waals surface area (Å²) >= 11 is 7.57. The second-order valence-corrected chi connectivity index (χ2v) is 16.1. The van der Waals surface area contributed by atoms with Crippen LogP contribution in [0.25, 0.3) is 92.9 Å². The lowest BCUT2D eigenvalue weighted by Gasteiger charge is -2.01.